The van der Waals surface area contributed by atoms with Crippen LogP contribution in [0, 0.1) is 11.3 Å². The van der Waals surface area contributed by atoms with Crippen molar-refractivity contribution < 1.29 is 14.7 Å². The van der Waals surface area contributed by atoms with E-state index in [1.807, 2.05) is 12.1 Å². The number of nitrogens with one attached hydrogen (secondary N) is 1. The SMILES string of the molecule is N#Cc1cccc(CNC(=O)[C@@]2(O)CCN(c3ccccc3)C2=O)c1. The maximum Gasteiger partial charge on any atom is 0.268 e. The second kappa shape index (κ2) is 6.75. The van der Waals surface area contributed by atoms with E-state index in [0.29, 0.717) is 11.3 Å². The lowest BCUT2D eigenvalue weighted by molar-refractivity contribution is -0.149. The number of hydrogen-bond acceptors (Lipinski definition) is 4. The first-order valence-electron chi connectivity index (χ1n) is 7.91. The summed E-state index contributed by atoms with van der Waals surface area (Å²) in [5.41, 5.74) is -0.208. The lowest BCUT2D eigenvalue weighted by Gasteiger charge is -2.21. The molecule has 0 aromatic heterocycles. The van der Waals surface area contributed by atoms with E-state index >= 15 is 0 Å². The van der Waals surface area contributed by atoms with Crippen LogP contribution in [-0.2, 0) is 16.1 Å². The Morgan fingerprint density at radius 1 is 1.24 bits per heavy atom. The molecule has 0 aliphatic carbocycles. The van der Waals surface area contributed by atoms with Gasteiger partial charge in [0.25, 0.3) is 11.8 Å². The van der Waals surface area contributed by atoms with Gasteiger partial charge in [0.1, 0.15) is 0 Å². The summed E-state index contributed by atoms with van der Waals surface area (Å²) in [4.78, 5) is 26.4. The highest BCUT2D eigenvalue weighted by molar-refractivity contribution is 6.16. The van der Waals surface area contributed by atoms with Gasteiger partial charge in [-0.3, -0.25) is 9.59 Å². The zero-order chi connectivity index (χ0) is 17.9. The third-order valence-electron chi connectivity index (χ3n) is 4.25. The fourth-order valence-electron chi connectivity index (χ4n) is 2.85. The third kappa shape index (κ3) is 3.23. The fraction of sp³-hybridized carbons (Fsp3) is 0.211. The Morgan fingerprint density at radius 3 is 2.72 bits per heavy atom. The first-order chi connectivity index (χ1) is 12.0. The minimum absolute atomic E-state index is 0.0325. The second-order valence-corrected chi connectivity index (χ2v) is 5.90. The second-order valence-electron chi connectivity index (χ2n) is 5.90. The molecule has 2 aromatic rings. The van der Waals surface area contributed by atoms with Crippen LogP contribution in [0.25, 0.3) is 0 Å². The number of benzene rings is 2. The lowest BCUT2D eigenvalue weighted by Crippen LogP contribution is -2.52. The predicted molar refractivity (Wildman–Crippen MR) is 91.4 cm³/mol. The number of nitriles is 1. The number of para-hydroxylation sites is 1. The van der Waals surface area contributed by atoms with Crippen molar-refractivity contribution in [3.8, 4) is 6.07 Å². The van der Waals surface area contributed by atoms with Crippen LogP contribution in [0.15, 0.2) is 54.6 Å². The van der Waals surface area contributed by atoms with Crippen LogP contribution in [-0.4, -0.2) is 29.1 Å². The van der Waals surface area contributed by atoms with Gasteiger partial charge >= 0.3 is 0 Å². The van der Waals surface area contributed by atoms with Gasteiger partial charge in [-0.2, -0.15) is 5.26 Å². The van der Waals surface area contributed by atoms with Gasteiger partial charge in [0.15, 0.2) is 0 Å². The molecule has 0 saturated carbocycles. The average Bonchev–Trinajstić information content (AvgIpc) is 2.97. The highest BCUT2D eigenvalue weighted by atomic mass is 16.3. The first kappa shape index (κ1) is 16.7. The summed E-state index contributed by atoms with van der Waals surface area (Å²) in [6.07, 6.45) is 0.0325. The normalized spacial score (nSPS) is 19.5. The van der Waals surface area contributed by atoms with Gasteiger partial charge in [-0.05, 0) is 29.8 Å². The molecule has 1 heterocycles. The summed E-state index contributed by atoms with van der Waals surface area (Å²) in [7, 11) is 0. The van der Waals surface area contributed by atoms with E-state index in [4.69, 9.17) is 5.26 Å². The quantitative estimate of drug-likeness (QED) is 0.825. The average molecular weight is 335 g/mol. The van der Waals surface area contributed by atoms with Crippen molar-refractivity contribution in [3.63, 3.8) is 0 Å². The van der Waals surface area contributed by atoms with Crippen molar-refractivity contribution in [1.29, 1.82) is 5.26 Å². The van der Waals surface area contributed by atoms with Gasteiger partial charge in [-0.15, -0.1) is 0 Å². The minimum Gasteiger partial charge on any atom is -0.372 e. The number of anilines is 1. The van der Waals surface area contributed by atoms with E-state index in [0.717, 1.165) is 5.56 Å². The van der Waals surface area contributed by atoms with Crippen molar-refractivity contribution in [1.82, 2.24) is 5.32 Å². The van der Waals surface area contributed by atoms with Crippen molar-refractivity contribution in [3.05, 3.63) is 65.7 Å². The first-order valence-corrected chi connectivity index (χ1v) is 7.91. The Bertz CT molecular complexity index is 844. The molecule has 0 unspecified atom stereocenters. The van der Waals surface area contributed by atoms with Crippen molar-refractivity contribution in [2.75, 3.05) is 11.4 Å². The van der Waals surface area contributed by atoms with Crippen LogP contribution in [0.3, 0.4) is 0 Å². The smallest absolute Gasteiger partial charge is 0.268 e. The van der Waals surface area contributed by atoms with Gasteiger partial charge < -0.3 is 15.3 Å². The molecule has 2 N–H and O–H groups in total. The zero-order valence-electron chi connectivity index (χ0n) is 13.5. The van der Waals surface area contributed by atoms with E-state index in [2.05, 4.69) is 5.32 Å². The maximum absolute atomic E-state index is 12.6. The number of aliphatic hydroxyl groups is 1. The Labute approximate surface area is 145 Å². The molecular formula is C19H17N3O3. The van der Waals surface area contributed by atoms with Crippen LogP contribution in [0.2, 0.25) is 0 Å². The van der Waals surface area contributed by atoms with Gasteiger partial charge in [0.05, 0.1) is 11.6 Å². The van der Waals surface area contributed by atoms with E-state index in [-0.39, 0.29) is 19.5 Å². The molecule has 126 valence electrons. The van der Waals surface area contributed by atoms with Gasteiger partial charge in [0.2, 0.25) is 5.60 Å². The third-order valence-corrected chi connectivity index (χ3v) is 4.25. The summed E-state index contributed by atoms with van der Waals surface area (Å²) >= 11 is 0. The fourth-order valence-corrected chi connectivity index (χ4v) is 2.85. The summed E-state index contributed by atoms with van der Waals surface area (Å²) in [5.74, 6) is -1.35. The number of rotatable bonds is 4. The number of nitrogens with zero attached hydrogens (tertiary/aromatic N) is 2. The Hall–Kier alpha value is -3.17. The van der Waals surface area contributed by atoms with Gasteiger partial charge in [0, 0.05) is 25.2 Å². The number of hydrogen-bond donors (Lipinski definition) is 2. The Morgan fingerprint density at radius 2 is 2.00 bits per heavy atom. The number of carbonyl (C=O) groups excluding carboxylic acids is 2. The molecule has 1 aliphatic heterocycles. The van der Waals surface area contributed by atoms with E-state index in [9.17, 15) is 14.7 Å². The van der Waals surface area contributed by atoms with Crippen molar-refractivity contribution >= 4 is 17.5 Å². The molecule has 3 rings (SSSR count). The molecular weight excluding hydrogens is 318 g/mol. The molecule has 0 bridgehead atoms. The number of amides is 2. The van der Waals surface area contributed by atoms with Crippen LogP contribution >= 0.6 is 0 Å². The van der Waals surface area contributed by atoms with Crippen LogP contribution in [0.4, 0.5) is 5.69 Å². The molecule has 1 aliphatic rings. The molecule has 1 fully saturated rings. The molecule has 2 aromatic carbocycles. The largest absolute Gasteiger partial charge is 0.372 e. The van der Waals surface area contributed by atoms with Gasteiger partial charge in [-0.1, -0.05) is 30.3 Å². The maximum atomic E-state index is 12.6. The molecule has 25 heavy (non-hydrogen) atoms. The van der Waals surface area contributed by atoms with Crippen molar-refractivity contribution in [2.45, 2.75) is 18.6 Å². The number of carbonyl (C=O) groups is 2. The summed E-state index contributed by atoms with van der Waals surface area (Å²) < 4.78 is 0. The van der Waals surface area contributed by atoms with E-state index < -0.39 is 17.4 Å². The predicted octanol–water partition coefficient (Wildman–Crippen LogP) is 1.34. The molecule has 6 nitrogen and oxygen atoms in total. The molecule has 2 amide bonds. The standard InChI is InChI=1S/C19H17N3O3/c20-12-14-5-4-6-15(11-14)13-21-17(23)19(25)9-10-22(18(19)24)16-7-2-1-3-8-16/h1-8,11,25H,9-10,13H2,(H,21,23)/t19-/m0/s1. The molecule has 1 saturated heterocycles. The minimum atomic E-state index is -2.07. The summed E-state index contributed by atoms with van der Waals surface area (Å²) in [5, 5.41) is 22.1. The highest BCUT2D eigenvalue weighted by Gasteiger charge is 2.51. The van der Waals surface area contributed by atoms with Crippen LogP contribution in [0.5, 0.6) is 0 Å². The zero-order valence-corrected chi connectivity index (χ0v) is 13.5. The Kier molecular flexibility index (Phi) is 4.50. The highest BCUT2D eigenvalue weighted by Crippen LogP contribution is 2.28. The molecule has 0 radical (unpaired) electrons. The van der Waals surface area contributed by atoms with Gasteiger partial charge in [-0.25, -0.2) is 0 Å². The van der Waals surface area contributed by atoms with E-state index in [1.165, 1.54) is 4.90 Å². The van der Waals surface area contributed by atoms with E-state index in [1.54, 1.807) is 48.5 Å². The summed E-state index contributed by atoms with van der Waals surface area (Å²) in [6.45, 7) is 0.409. The Balaban J connectivity index is 1.69. The molecule has 6 heteroatoms. The topological polar surface area (TPSA) is 93.4 Å². The lowest BCUT2D eigenvalue weighted by atomic mass is 10.0. The van der Waals surface area contributed by atoms with Crippen molar-refractivity contribution in [2.24, 2.45) is 0 Å². The van der Waals surface area contributed by atoms with Crippen LogP contribution < -0.4 is 10.2 Å². The molecule has 0 spiro atoms. The molecule has 1 atom stereocenters. The van der Waals surface area contributed by atoms with Crippen LogP contribution in [0.1, 0.15) is 17.5 Å². The summed E-state index contributed by atoms with van der Waals surface area (Å²) in [6, 6.07) is 17.8. The monoisotopic (exact) mass is 335 g/mol.